The van der Waals surface area contributed by atoms with Crippen molar-refractivity contribution in [2.45, 2.75) is 51.4 Å². The zero-order chi connectivity index (χ0) is 9.10. The zero-order valence-corrected chi connectivity index (χ0v) is 8.67. The second-order valence-corrected chi connectivity index (χ2v) is 4.99. The first-order chi connectivity index (χ1) is 6.42. The molecule has 2 rings (SSSR count). The number of nitrogens with two attached hydrogens (primary N) is 1. The molecular weight excluding hydrogens is 158 g/mol. The normalized spacial score (nSPS) is 36.7. The van der Waals surface area contributed by atoms with Gasteiger partial charge in [-0.1, -0.05) is 38.5 Å². The highest BCUT2D eigenvalue weighted by Gasteiger charge is 2.32. The molecule has 0 aromatic rings. The van der Waals surface area contributed by atoms with E-state index in [1.54, 1.807) is 0 Å². The van der Waals surface area contributed by atoms with E-state index in [0.717, 1.165) is 24.3 Å². The molecule has 13 heavy (non-hydrogen) atoms. The van der Waals surface area contributed by atoms with Gasteiger partial charge in [-0.25, -0.2) is 0 Å². The maximum Gasteiger partial charge on any atom is -0.00461 e. The minimum atomic E-state index is 0.878. The van der Waals surface area contributed by atoms with Crippen molar-refractivity contribution in [3.05, 3.63) is 0 Å². The lowest BCUT2D eigenvalue weighted by molar-refractivity contribution is 0.205. The highest BCUT2D eigenvalue weighted by Crippen LogP contribution is 2.42. The second-order valence-electron chi connectivity index (χ2n) is 4.99. The van der Waals surface area contributed by atoms with Crippen LogP contribution in [0.5, 0.6) is 0 Å². The second kappa shape index (κ2) is 4.45. The van der Waals surface area contributed by atoms with Gasteiger partial charge in [0.25, 0.3) is 0 Å². The van der Waals surface area contributed by atoms with Gasteiger partial charge in [-0.15, -0.1) is 0 Å². The summed E-state index contributed by atoms with van der Waals surface area (Å²) < 4.78 is 0. The maximum absolute atomic E-state index is 5.83. The highest BCUT2D eigenvalue weighted by atomic mass is 14.6. The molecule has 0 bridgehead atoms. The Morgan fingerprint density at radius 1 is 0.846 bits per heavy atom. The van der Waals surface area contributed by atoms with Gasteiger partial charge >= 0.3 is 0 Å². The Labute approximate surface area is 82.1 Å². The van der Waals surface area contributed by atoms with Crippen LogP contribution in [0.25, 0.3) is 0 Å². The third-order valence-electron chi connectivity index (χ3n) is 4.28. The molecule has 0 saturated heterocycles. The van der Waals surface area contributed by atoms with Crippen LogP contribution in [-0.4, -0.2) is 6.54 Å². The van der Waals surface area contributed by atoms with Gasteiger partial charge in [0.1, 0.15) is 0 Å². The quantitative estimate of drug-likeness (QED) is 0.696. The maximum atomic E-state index is 5.83. The van der Waals surface area contributed by atoms with E-state index in [1.807, 2.05) is 0 Å². The minimum Gasteiger partial charge on any atom is -0.330 e. The summed E-state index contributed by atoms with van der Waals surface area (Å²) in [6, 6.07) is 0. The smallest absolute Gasteiger partial charge is 0.00461 e. The molecule has 1 heteroatoms. The minimum absolute atomic E-state index is 0.878. The number of rotatable bonds is 2. The van der Waals surface area contributed by atoms with E-state index < -0.39 is 0 Å². The fourth-order valence-electron chi connectivity index (χ4n) is 3.54. The Balaban J connectivity index is 1.90. The Kier molecular flexibility index (Phi) is 3.26. The van der Waals surface area contributed by atoms with E-state index in [4.69, 9.17) is 5.73 Å². The molecule has 2 fully saturated rings. The number of hydrogen-bond donors (Lipinski definition) is 1. The molecule has 0 aromatic heterocycles. The summed E-state index contributed by atoms with van der Waals surface area (Å²) in [5.41, 5.74) is 5.83. The van der Waals surface area contributed by atoms with Gasteiger partial charge in [-0.2, -0.15) is 0 Å². The van der Waals surface area contributed by atoms with Crippen molar-refractivity contribution in [2.75, 3.05) is 6.54 Å². The van der Waals surface area contributed by atoms with Gasteiger partial charge < -0.3 is 5.73 Å². The Morgan fingerprint density at radius 2 is 1.62 bits per heavy atom. The van der Waals surface area contributed by atoms with Crippen LogP contribution >= 0.6 is 0 Å². The van der Waals surface area contributed by atoms with Crippen LogP contribution in [0.1, 0.15) is 51.4 Å². The third kappa shape index (κ3) is 2.07. The molecular formula is C12H23N. The van der Waals surface area contributed by atoms with Crippen molar-refractivity contribution in [3.63, 3.8) is 0 Å². The topological polar surface area (TPSA) is 26.0 Å². The predicted molar refractivity (Wildman–Crippen MR) is 56.5 cm³/mol. The van der Waals surface area contributed by atoms with Gasteiger partial charge in [-0.3, -0.25) is 0 Å². The molecule has 2 aliphatic rings. The molecule has 76 valence electrons. The summed E-state index contributed by atoms with van der Waals surface area (Å²) in [5.74, 6) is 2.93. The Morgan fingerprint density at radius 3 is 2.31 bits per heavy atom. The molecule has 0 amide bonds. The molecule has 0 heterocycles. The lowest BCUT2D eigenvalue weighted by atomic mass is 9.75. The van der Waals surface area contributed by atoms with E-state index in [9.17, 15) is 0 Å². The molecule has 1 nitrogen and oxygen atoms in total. The van der Waals surface area contributed by atoms with Crippen LogP contribution < -0.4 is 5.73 Å². The lowest BCUT2D eigenvalue weighted by Crippen LogP contribution is -2.26. The van der Waals surface area contributed by atoms with Crippen LogP contribution in [0.4, 0.5) is 0 Å². The SMILES string of the molecule is NCC1CCCC1C1CCCCC1. The largest absolute Gasteiger partial charge is 0.330 e. The molecule has 0 radical (unpaired) electrons. The molecule has 2 saturated carbocycles. The van der Waals surface area contributed by atoms with E-state index in [0.29, 0.717) is 0 Å². The first kappa shape index (κ1) is 9.51. The van der Waals surface area contributed by atoms with Crippen molar-refractivity contribution in [1.29, 1.82) is 0 Å². The molecule has 0 aromatic carbocycles. The summed E-state index contributed by atoms with van der Waals surface area (Å²) in [7, 11) is 0. The van der Waals surface area contributed by atoms with E-state index in [2.05, 4.69) is 0 Å². The summed E-state index contributed by atoms with van der Waals surface area (Å²) in [6.45, 7) is 0.946. The van der Waals surface area contributed by atoms with Crippen LogP contribution in [0, 0.1) is 17.8 Å². The summed E-state index contributed by atoms with van der Waals surface area (Å²) in [4.78, 5) is 0. The van der Waals surface area contributed by atoms with E-state index in [1.165, 1.54) is 51.4 Å². The molecule has 2 aliphatic carbocycles. The van der Waals surface area contributed by atoms with Crippen molar-refractivity contribution in [2.24, 2.45) is 23.5 Å². The average Bonchev–Trinajstić information content (AvgIpc) is 2.67. The summed E-state index contributed by atoms with van der Waals surface area (Å²) in [6.07, 6.45) is 11.8. The molecule has 2 unspecified atom stereocenters. The molecule has 2 atom stereocenters. The number of hydrogen-bond acceptors (Lipinski definition) is 1. The van der Waals surface area contributed by atoms with E-state index in [-0.39, 0.29) is 0 Å². The van der Waals surface area contributed by atoms with Gasteiger partial charge in [0.05, 0.1) is 0 Å². The Bertz CT molecular complexity index is 149. The van der Waals surface area contributed by atoms with Crippen LogP contribution in [-0.2, 0) is 0 Å². The molecule has 0 aliphatic heterocycles. The highest BCUT2D eigenvalue weighted by molar-refractivity contribution is 4.84. The Hall–Kier alpha value is -0.0400. The van der Waals surface area contributed by atoms with Crippen molar-refractivity contribution in [1.82, 2.24) is 0 Å². The molecule has 0 spiro atoms. The third-order valence-corrected chi connectivity index (χ3v) is 4.28. The fourth-order valence-corrected chi connectivity index (χ4v) is 3.54. The van der Waals surface area contributed by atoms with Crippen LogP contribution in [0.3, 0.4) is 0 Å². The van der Waals surface area contributed by atoms with E-state index >= 15 is 0 Å². The lowest BCUT2D eigenvalue weighted by Gasteiger charge is -2.31. The zero-order valence-electron chi connectivity index (χ0n) is 8.67. The van der Waals surface area contributed by atoms with Crippen LogP contribution in [0.2, 0.25) is 0 Å². The predicted octanol–water partition coefficient (Wildman–Crippen LogP) is 2.94. The standard InChI is InChI=1S/C12H23N/c13-9-11-7-4-8-12(11)10-5-2-1-3-6-10/h10-12H,1-9,13H2. The van der Waals surface area contributed by atoms with Gasteiger partial charge in [0.2, 0.25) is 0 Å². The van der Waals surface area contributed by atoms with Crippen molar-refractivity contribution >= 4 is 0 Å². The fraction of sp³-hybridized carbons (Fsp3) is 1.00. The first-order valence-corrected chi connectivity index (χ1v) is 6.12. The van der Waals surface area contributed by atoms with Crippen molar-refractivity contribution in [3.8, 4) is 0 Å². The molecule has 2 N–H and O–H groups in total. The van der Waals surface area contributed by atoms with Gasteiger partial charge in [0, 0.05) is 0 Å². The van der Waals surface area contributed by atoms with Crippen molar-refractivity contribution < 1.29 is 0 Å². The summed E-state index contributed by atoms with van der Waals surface area (Å²) >= 11 is 0. The monoisotopic (exact) mass is 181 g/mol. The van der Waals surface area contributed by atoms with Crippen LogP contribution in [0.15, 0.2) is 0 Å². The van der Waals surface area contributed by atoms with Gasteiger partial charge in [0.15, 0.2) is 0 Å². The first-order valence-electron chi connectivity index (χ1n) is 6.12. The summed E-state index contributed by atoms with van der Waals surface area (Å²) in [5, 5.41) is 0. The van der Waals surface area contributed by atoms with Gasteiger partial charge in [-0.05, 0) is 37.1 Å². The average molecular weight is 181 g/mol.